The summed E-state index contributed by atoms with van der Waals surface area (Å²) in [6.45, 7) is 2.28. The van der Waals surface area contributed by atoms with Gasteiger partial charge in [-0.05, 0) is 23.8 Å². The summed E-state index contributed by atoms with van der Waals surface area (Å²) in [5, 5.41) is 4.54. The minimum absolute atomic E-state index is 0.493. The third-order valence-corrected chi connectivity index (χ3v) is 5.25. The van der Waals surface area contributed by atoms with E-state index in [1.54, 1.807) is 14.2 Å². The molecule has 2 aromatic rings. The first kappa shape index (κ1) is 14.3. The fourth-order valence-electron chi connectivity index (χ4n) is 2.58. The van der Waals surface area contributed by atoms with Gasteiger partial charge in [0.25, 0.3) is 0 Å². The maximum atomic E-state index is 5.42. The molecule has 0 saturated carbocycles. The second-order valence-electron chi connectivity index (χ2n) is 5.36. The van der Waals surface area contributed by atoms with E-state index in [0.29, 0.717) is 12.0 Å². The molecule has 1 N–H and O–H groups in total. The van der Waals surface area contributed by atoms with Crippen molar-refractivity contribution in [1.82, 2.24) is 4.98 Å². The first-order valence-corrected chi connectivity index (χ1v) is 8.24. The van der Waals surface area contributed by atoms with Crippen LogP contribution < -0.4 is 14.8 Å². The van der Waals surface area contributed by atoms with Gasteiger partial charge in [0.2, 0.25) is 0 Å². The molecule has 2 atom stereocenters. The van der Waals surface area contributed by atoms with Gasteiger partial charge in [-0.2, -0.15) is 11.8 Å². The predicted molar refractivity (Wildman–Crippen MR) is 88.7 cm³/mol. The van der Waals surface area contributed by atoms with Crippen LogP contribution in [0.25, 0.3) is 10.9 Å². The number of rotatable bonds is 4. The van der Waals surface area contributed by atoms with Gasteiger partial charge in [-0.1, -0.05) is 6.92 Å². The summed E-state index contributed by atoms with van der Waals surface area (Å²) >= 11 is 2.00. The van der Waals surface area contributed by atoms with Crippen LogP contribution in [-0.4, -0.2) is 36.8 Å². The number of thioether (sulfide) groups is 1. The SMILES string of the molecule is COc1cc(OC)c2ccc(NC3CSCC3C)nc2c1. The summed E-state index contributed by atoms with van der Waals surface area (Å²) in [6.07, 6.45) is 0. The third-order valence-electron chi connectivity index (χ3n) is 3.90. The summed E-state index contributed by atoms with van der Waals surface area (Å²) < 4.78 is 10.7. The van der Waals surface area contributed by atoms with Gasteiger partial charge in [-0.25, -0.2) is 4.98 Å². The van der Waals surface area contributed by atoms with Crippen LogP contribution in [-0.2, 0) is 0 Å². The number of nitrogens with zero attached hydrogens (tertiary/aromatic N) is 1. The van der Waals surface area contributed by atoms with Gasteiger partial charge in [0.15, 0.2) is 0 Å². The Morgan fingerprint density at radius 1 is 1.19 bits per heavy atom. The van der Waals surface area contributed by atoms with Crippen molar-refractivity contribution in [3.63, 3.8) is 0 Å². The largest absolute Gasteiger partial charge is 0.497 e. The van der Waals surface area contributed by atoms with E-state index in [-0.39, 0.29) is 0 Å². The molecular weight excluding hydrogens is 284 g/mol. The van der Waals surface area contributed by atoms with Crippen molar-refractivity contribution in [2.24, 2.45) is 5.92 Å². The summed E-state index contributed by atoms with van der Waals surface area (Å²) in [4.78, 5) is 4.71. The molecule has 2 heterocycles. The number of pyridine rings is 1. The molecule has 1 fully saturated rings. The highest BCUT2D eigenvalue weighted by atomic mass is 32.2. The van der Waals surface area contributed by atoms with Crippen molar-refractivity contribution in [3.8, 4) is 11.5 Å². The Hall–Kier alpha value is -1.62. The van der Waals surface area contributed by atoms with E-state index in [4.69, 9.17) is 14.5 Å². The van der Waals surface area contributed by atoms with Gasteiger partial charge in [0, 0.05) is 29.3 Å². The quantitative estimate of drug-likeness (QED) is 0.937. The molecule has 1 aliphatic heterocycles. The first-order chi connectivity index (χ1) is 10.2. The van der Waals surface area contributed by atoms with E-state index in [1.165, 1.54) is 5.75 Å². The second kappa shape index (κ2) is 6.02. The van der Waals surface area contributed by atoms with Crippen LogP contribution in [0.2, 0.25) is 0 Å². The molecule has 3 rings (SSSR count). The lowest BCUT2D eigenvalue weighted by Crippen LogP contribution is -2.26. The summed E-state index contributed by atoms with van der Waals surface area (Å²) in [5.74, 6) is 5.49. The zero-order valence-electron chi connectivity index (χ0n) is 12.6. The zero-order chi connectivity index (χ0) is 14.8. The highest BCUT2D eigenvalue weighted by Crippen LogP contribution is 2.32. The maximum Gasteiger partial charge on any atom is 0.131 e. The minimum Gasteiger partial charge on any atom is -0.497 e. The lowest BCUT2D eigenvalue weighted by molar-refractivity contribution is 0.398. The summed E-state index contributed by atoms with van der Waals surface area (Å²) in [5.41, 5.74) is 0.884. The maximum absolute atomic E-state index is 5.42. The molecule has 2 unspecified atom stereocenters. The molecule has 0 radical (unpaired) electrons. The average molecular weight is 304 g/mol. The first-order valence-electron chi connectivity index (χ1n) is 7.08. The van der Waals surface area contributed by atoms with Crippen molar-refractivity contribution in [1.29, 1.82) is 0 Å². The number of anilines is 1. The molecular formula is C16H20N2O2S. The molecule has 0 spiro atoms. The molecule has 1 aliphatic rings. The predicted octanol–water partition coefficient (Wildman–Crippen LogP) is 3.42. The number of benzene rings is 1. The van der Waals surface area contributed by atoms with E-state index in [0.717, 1.165) is 34.0 Å². The summed E-state index contributed by atoms with van der Waals surface area (Å²) in [6, 6.07) is 8.39. The van der Waals surface area contributed by atoms with E-state index in [2.05, 4.69) is 18.3 Å². The van der Waals surface area contributed by atoms with Gasteiger partial charge < -0.3 is 14.8 Å². The van der Waals surface area contributed by atoms with Crippen LogP contribution in [0.15, 0.2) is 24.3 Å². The molecule has 0 bridgehead atoms. The van der Waals surface area contributed by atoms with E-state index in [9.17, 15) is 0 Å². The number of hydrogen-bond acceptors (Lipinski definition) is 5. The summed E-state index contributed by atoms with van der Waals surface area (Å²) in [7, 11) is 3.32. The molecule has 4 nitrogen and oxygen atoms in total. The lowest BCUT2D eigenvalue weighted by atomic mass is 10.1. The molecule has 1 aromatic heterocycles. The van der Waals surface area contributed by atoms with E-state index < -0.39 is 0 Å². The van der Waals surface area contributed by atoms with E-state index >= 15 is 0 Å². The number of fused-ring (bicyclic) bond motifs is 1. The number of methoxy groups -OCH3 is 2. The standard InChI is InChI=1S/C16H20N2O2S/c1-10-8-21-9-14(10)18-16-5-4-12-13(17-16)6-11(19-2)7-15(12)20-3/h4-7,10,14H,8-9H2,1-3H3,(H,17,18). The number of hydrogen-bond donors (Lipinski definition) is 1. The Bertz CT molecular complexity index is 647. The van der Waals surface area contributed by atoms with E-state index in [1.807, 2.05) is 30.0 Å². The highest BCUT2D eigenvalue weighted by molar-refractivity contribution is 7.99. The fraction of sp³-hybridized carbons (Fsp3) is 0.438. The average Bonchev–Trinajstić information content (AvgIpc) is 2.91. The minimum atomic E-state index is 0.493. The van der Waals surface area contributed by atoms with Crippen LogP contribution in [0.4, 0.5) is 5.82 Å². The van der Waals surface area contributed by atoms with Gasteiger partial charge in [0.1, 0.15) is 17.3 Å². The molecule has 1 saturated heterocycles. The van der Waals surface area contributed by atoms with Gasteiger partial charge in [-0.15, -0.1) is 0 Å². The Labute approximate surface area is 129 Å². The zero-order valence-corrected chi connectivity index (χ0v) is 13.4. The van der Waals surface area contributed by atoms with Crippen molar-refractivity contribution in [3.05, 3.63) is 24.3 Å². The van der Waals surface area contributed by atoms with Gasteiger partial charge >= 0.3 is 0 Å². The molecule has 21 heavy (non-hydrogen) atoms. The van der Waals surface area contributed by atoms with Crippen molar-refractivity contribution in [2.45, 2.75) is 13.0 Å². The van der Waals surface area contributed by atoms with Crippen molar-refractivity contribution >= 4 is 28.5 Å². The number of nitrogens with one attached hydrogen (secondary N) is 1. The molecule has 1 aromatic carbocycles. The smallest absolute Gasteiger partial charge is 0.131 e. The van der Waals surface area contributed by atoms with Gasteiger partial charge in [-0.3, -0.25) is 0 Å². The molecule has 5 heteroatoms. The van der Waals surface area contributed by atoms with Crippen LogP contribution in [0, 0.1) is 5.92 Å². The second-order valence-corrected chi connectivity index (χ2v) is 6.43. The van der Waals surface area contributed by atoms with Crippen LogP contribution in [0.1, 0.15) is 6.92 Å². The Morgan fingerprint density at radius 3 is 2.71 bits per heavy atom. The molecule has 0 aliphatic carbocycles. The number of aromatic nitrogens is 1. The normalized spacial score (nSPS) is 21.5. The molecule has 112 valence electrons. The molecule has 0 amide bonds. The monoisotopic (exact) mass is 304 g/mol. The van der Waals surface area contributed by atoms with Crippen molar-refractivity contribution in [2.75, 3.05) is 31.0 Å². The van der Waals surface area contributed by atoms with Crippen molar-refractivity contribution < 1.29 is 9.47 Å². The Morgan fingerprint density at radius 2 is 2.05 bits per heavy atom. The van der Waals surface area contributed by atoms with Gasteiger partial charge in [0.05, 0.1) is 19.7 Å². The highest BCUT2D eigenvalue weighted by Gasteiger charge is 2.24. The lowest BCUT2D eigenvalue weighted by Gasteiger charge is -2.17. The topological polar surface area (TPSA) is 43.4 Å². The number of ether oxygens (including phenoxy) is 2. The third kappa shape index (κ3) is 2.88. The fourth-order valence-corrected chi connectivity index (χ4v) is 3.98. The van der Waals surface area contributed by atoms with Crippen LogP contribution >= 0.6 is 11.8 Å². The Balaban J connectivity index is 1.95. The van der Waals surface area contributed by atoms with Crippen LogP contribution in [0.5, 0.6) is 11.5 Å². The Kier molecular flexibility index (Phi) is 4.10. The van der Waals surface area contributed by atoms with Crippen LogP contribution in [0.3, 0.4) is 0 Å².